The van der Waals surface area contributed by atoms with Gasteiger partial charge >= 0.3 is 0 Å². The normalized spacial score (nSPS) is 12.1. The van der Waals surface area contributed by atoms with Crippen LogP contribution in [0.3, 0.4) is 0 Å². The number of rotatable bonds is 4. The summed E-state index contributed by atoms with van der Waals surface area (Å²) in [5, 5.41) is 9.95. The van der Waals surface area contributed by atoms with E-state index in [1.807, 2.05) is 11.3 Å². The minimum absolute atomic E-state index is 0.914. The number of benzene rings is 8. The maximum atomic E-state index is 5.27. The average molecular weight is 754 g/mol. The van der Waals surface area contributed by atoms with Crippen molar-refractivity contribution in [1.29, 1.82) is 0 Å². The lowest BCUT2D eigenvalue weighted by molar-refractivity contribution is 1.36. The fourth-order valence-electron chi connectivity index (χ4n) is 9.28. The summed E-state index contributed by atoms with van der Waals surface area (Å²) in [5.74, 6) is 0. The van der Waals surface area contributed by atoms with Crippen LogP contribution in [0.2, 0.25) is 0 Å². The summed E-state index contributed by atoms with van der Waals surface area (Å²) in [6.45, 7) is 0. The fourth-order valence-corrected chi connectivity index (χ4v) is 10.4. The van der Waals surface area contributed by atoms with Gasteiger partial charge in [-0.25, -0.2) is 9.97 Å². The molecule has 0 aliphatic heterocycles. The smallest absolute Gasteiger partial charge is 0.0972 e. The number of pyridine rings is 2. The first-order chi connectivity index (χ1) is 28.7. The van der Waals surface area contributed by atoms with E-state index in [1.54, 1.807) is 0 Å². The van der Waals surface area contributed by atoms with E-state index in [9.17, 15) is 0 Å². The second-order valence-corrected chi connectivity index (χ2v) is 16.4. The summed E-state index contributed by atoms with van der Waals surface area (Å²) < 4.78 is 5.08. The van der Waals surface area contributed by atoms with E-state index >= 15 is 0 Å². The topological polar surface area (TPSA) is 30.2 Å². The van der Waals surface area contributed by atoms with E-state index in [4.69, 9.17) is 9.97 Å². The molecule has 0 fully saturated rings. The minimum Gasteiger partial charge on any atom is -0.308 e. The summed E-state index contributed by atoms with van der Waals surface area (Å²) in [4.78, 5) is 10.5. The van der Waals surface area contributed by atoms with Crippen molar-refractivity contribution < 1.29 is 0 Å². The summed E-state index contributed by atoms with van der Waals surface area (Å²) in [6, 6.07) is 68.3. The van der Waals surface area contributed by atoms with Crippen molar-refractivity contribution in [3.8, 4) is 44.8 Å². The number of fused-ring (bicyclic) bond motifs is 12. The van der Waals surface area contributed by atoms with E-state index in [1.165, 1.54) is 80.5 Å². The Hall–Kier alpha value is -7.40. The van der Waals surface area contributed by atoms with Gasteiger partial charge < -0.3 is 4.40 Å². The van der Waals surface area contributed by atoms with Gasteiger partial charge in [-0.15, -0.1) is 11.3 Å². The zero-order valence-corrected chi connectivity index (χ0v) is 32.0. The summed E-state index contributed by atoms with van der Waals surface area (Å²) in [6.07, 6.45) is 0. The van der Waals surface area contributed by atoms with Gasteiger partial charge in [-0.3, -0.25) is 0 Å². The maximum Gasteiger partial charge on any atom is 0.0972 e. The third kappa shape index (κ3) is 4.67. The van der Waals surface area contributed by atoms with E-state index in [0.717, 1.165) is 44.3 Å². The minimum atomic E-state index is 0.914. The molecule has 0 aliphatic carbocycles. The molecule has 0 atom stereocenters. The monoisotopic (exact) mass is 753 g/mol. The van der Waals surface area contributed by atoms with Crippen LogP contribution in [-0.2, 0) is 0 Å². The van der Waals surface area contributed by atoms with Crippen LogP contribution >= 0.6 is 11.3 Å². The summed E-state index contributed by atoms with van der Waals surface area (Å²) in [7, 11) is 0. The van der Waals surface area contributed by atoms with Crippen LogP contribution in [0.25, 0.3) is 125 Å². The van der Waals surface area contributed by atoms with Crippen LogP contribution in [0.4, 0.5) is 0 Å². The Bertz CT molecular complexity index is 3700. The molecular formula is C54H31N3S. The van der Waals surface area contributed by atoms with Crippen molar-refractivity contribution >= 4 is 91.4 Å². The molecule has 0 unspecified atom stereocenters. The highest BCUT2D eigenvalue weighted by molar-refractivity contribution is 7.25. The Kier molecular flexibility index (Phi) is 6.60. The van der Waals surface area contributed by atoms with Gasteiger partial charge in [0.15, 0.2) is 0 Å². The van der Waals surface area contributed by atoms with E-state index in [2.05, 4.69) is 192 Å². The molecule has 268 valence electrons. The number of aromatic nitrogens is 3. The Balaban J connectivity index is 0.855. The molecule has 0 saturated heterocycles. The van der Waals surface area contributed by atoms with Gasteiger partial charge in [-0.05, 0) is 76.9 Å². The first-order valence-electron chi connectivity index (χ1n) is 19.7. The van der Waals surface area contributed by atoms with Gasteiger partial charge in [0.1, 0.15) is 0 Å². The molecule has 0 amide bonds. The van der Waals surface area contributed by atoms with E-state index < -0.39 is 0 Å². The van der Waals surface area contributed by atoms with Crippen molar-refractivity contribution in [3.63, 3.8) is 0 Å². The van der Waals surface area contributed by atoms with Crippen LogP contribution in [0, 0.1) is 0 Å². The molecule has 13 rings (SSSR count). The average Bonchev–Trinajstić information content (AvgIpc) is 3.95. The summed E-state index contributed by atoms with van der Waals surface area (Å²) in [5.41, 5.74) is 14.5. The zero-order valence-electron chi connectivity index (χ0n) is 31.1. The quantitative estimate of drug-likeness (QED) is 0.168. The number of hydrogen-bond acceptors (Lipinski definition) is 3. The molecular weight excluding hydrogens is 723 g/mol. The molecule has 0 spiro atoms. The van der Waals surface area contributed by atoms with Gasteiger partial charge in [0, 0.05) is 63.6 Å². The standard InChI is InChI=1S/C54H31N3S/c1-4-10-48-40(7-1)44-30-39(31-45-41-8-2-5-11-49(41)57(48)54(44)45)33-15-19-35(20-16-33)47-27-24-37-22-21-36-23-26-46(55-52(36)53(37)56-47)34-17-13-32(14-18-34)38-25-28-51-43(29-38)42-9-3-6-12-50(42)58-51/h1-31H. The van der Waals surface area contributed by atoms with Crippen LogP contribution in [-0.4, -0.2) is 14.4 Å². The molecule has 0 aliphatic rings. The number of nitrogens with zero attached hydrogens (tertiary/aromatic N) is 3. The second-order valence-electron chi connectivity index (χ2n) is 15.4. The van der Waals surface area contributed by atoms with Crippen molar-refractivity contribution in [3.05, 3.63) is 188 Å². The van der Waals surface area contributed by atoms with Gasteiger partial charge in [0.05, 0.1) is 39.0 Å². The van der Waals surface area contributed by atoms with Crippen LogP contribution < -0.4 is 0 Å². The van der Waals surface area contributed by atoms with E-state index in [-0.39, 0.29) is 0 Å². The predicted molar refractivity (Wildman–Crippen MR) is 246 cm³/mol. The van der Waals surface area contributed by atoms with Crippen molar-refractivity contribution in [1.82, 2.24) is 14.4 Å². The lowest BCUT2D eigenvalue weighted by Crippen LogP contribution is -1.91. The first-order valence-corrected chi connectivity index (χ1v) is 20.5. The van der Waals surface area contributed by atoms with Crippen LogP contribution in [0.5, 0.6) is 0 Å². The molecule has 5 heterocycles. The predicted octanol–water partition coefficient (Wildman–Crippen LogP) is 15.0. The molecule has 4 heteroatoms. The van der Waals surface area contributed by atoms with Gasteiger partial charge in [0.25, 0.3) is 0 Å². The van der Waals surface area contributed by atoms with Crippen molar-refractivity contribution in [2.45, 2.75) is 0 Å². The number of thiophene rings is 1. The Labute approximate surface area is 337 Å². The highest BCUT2D eigenvalue weighted by Gasteiger charge is 2.19. The Morgan fingerprint density at radius 2 is 0.776 bits per heavy atom. The molecule has 58 heavy (non-hydrogen) atoms. The molecule has 3 nitrogen and oxygen atoms in total. The fraction of sp³-hybridized carbons (Fsp3) is 0. The lowest BCUT2D eigenvalue weighted by atomic mass is 9.98. The third-order valence-corrected chi connectivity index (χ3v) is 13.3. The first kappa shape index (κ1) is 31.8. The molecule has 5 aromatic heterocycles. The largest absolute Gasteiger partial charge is 0.308 e. The maximum absolute atomic E-state index is 5.27. The van der Waals surface area contributed by atoms with Gasteiger partial charge in [-0.2, -0.15) is 0 Å². The van der Waals surface area contributed by atoms with E-state index in [0.29, 0.717) is 0 Å². The highest BCUT2D eigenvalue weighted by atomic mass is 32.1. The molecule has 0 bridgehead atoms. The SMILES string of the molecule is c1ccc2c(c1)sc1ccc(-c3ccc(-c4ccc5ccc6ccc(-c7ccc(-c8cc9c%10ccccc%10n%10c%11ccccc%11c(c8)c9%10)cc7)nc6c5n4)cc3)cc12. The second kappa shape index (κ2) is 12.1. The van der Waals surface area contributed by atoms with Crippen LogP contribution in [0.1, 0.15) is 0 Å². The lowest BCUT2D eigenvalue weighted by Gasteiger charge is -2.10. The Morgan fingerprint density at radius 1 is 0.328 bits per heavy atom. The van der Waals surface area contributed by atoms with Crippen LogP contribution in [0.15, 0.2) is 188 Å². The zero-order chi connectivity index (χ0) is 37.9. The number of para-hydroxylation sites is 2. The third-order valence-electron chi connectivity index (χ3n) is 12.1. The van der Waals surface area contributed by atoms with Crippen molar-refractivity contribution in [2.24, 2.45) is 0 Å². The molecule has 0 radical (unpaired) electrons. The van der Waals surface area contributed by atoms with Gasteiger partial charge in [0.2, 0.25) is 0 Å². The highest BCUT2D eigenvalue weighted by Crippen LogP contribution is 2.42. The molecule has 0 N–H and O–H groups in total. The number of hydrogen-bond donors (Lipinski definition) is 0. The molecule has 8 aromatic carbocycles. The summed E-state index contributed by atoms with van der Waals surface area (Å²) >= 11 is 1.85. The molecule has 13 aromatic rings. The molecule has 0 saturated carbocycles. The van der Waals surface area contributed by atoms with Gasteiger partial charge in [-0.1, -0.05) is 133 Å². The Morgan fingerprint density at radius 3 is 1.38 bits per heavy atom. The van der Waals surface area contributed by atoms with Crippen molar-refractivity contribution in [2.75, 3.05) is 0 Å².